The number of thiazole rings is 1. The summed E-state index contributed by atoms with van der Waals surface area (Å²) in [4.78, 5) is 16.7. The van der Waals surface area contributed by atoms with Crippen LogP contribution in [-0.4, -0.2) is 25.1 Å². The summed E-state index contributed by atoms with van der Waals surface area (Å²) in [5, 5.41) is 5.85. The number of hydrogen-bond donors (Lipinski definition) is 2. The summed E-state index contributed by atoms with van der Waals surface area (Å²) in [6.45, 7) is 2.22. The number of halogens is 3. The molecule has 0 saturated carbocycles. The van der Waals surface area contributed by atoms with Crippen LogP contribution < -0.4 is 15.8 Å². The Labute approximate surface area is 167 Å². The molecule has 10 heteroatoms. The Kier molecular flexibility index (Phi) is 10.1. The van der Waals surface area contributed by atoms with Gasteiger partial charge in [-0.25, -0.2) is 4.98 Å². The molecule has 0 spiro atoms. The van der Waals surface area contributed by atoms with Crippen LogP contribution in [0, 0.1) is 0 Å². The average Bonchev–Trinajstić information content (AvgIpc) is 3.02. The third kappa shape index (κ3) is 5.90. The first kappa shape index (κ1) is 23.8. The van der Waals surface area contributed by atoms with E-state index in [1.54, 1.807) is 7.11 Å². The number of nitrogens with zero attached hydrogens (tertiary/aromatic N) is 1. The van der Waals surface area contributed by atoms with E-state index in [0.717, 1.165) is 10.7 Å². The number of carbonyl (C=O) groups is 1. The van der Waals surface area contributed by atoms with E-state index in [-0.39, 0.29) is 36.8 Å². The molecule has 1 unspecified atom stereocenters. The van der Waals surface area contributed by atoms with Crippen LogP contribution in [0.4, 0.5) is 5.69 Å². The van der Waals surface area contributed by atoms with Crippen molar-refractivity contribution in [2.24, 2.45) is 0 Å². The number of methoxy groups -OCH3 is 2. The Morgan fingerprint density at radius 1 is 1.40 bits per heavy atom. The highest BCUT2D eigenvalue weighted by Crippen LogP contribution is 2.28. The van der Waals surface area contributed by atoms with Gasteiger partial charge in [-0.15, -0.1) is 36.2 Å². The molecule has 0 aliphatic rings. The number of amides is 1. The molecule has 1 amide bonds. The summed E-state index contributed by atoms with van der Waals surface area (Å²) >= 11 is 7.47. The number of nitrogens with one attached hydrogen (secondary N) is 1. The van der Waals surface area contributed by atoms with Gasteiger partial charge in [0.25, 0.3) is 5.91 Å². The maximum absolute atomic E-state index is 12.3. The van der Waals surface area contributed by atoms with Crippen LogP contribution in [0.2, 0.25) is 5.02 Å². The van der Waals surface area contributed by atoms with Crippen molar-refractivity contribution >= 4 is 59.3 Å². The molecule has 0 saturated heterocycles. The third-order valence-corrected chi connectivity index (χ3v) is 4.65. The molecule has 1 aromatic carbocycles. The molecule has 0 aliphatic heterocycles. The topological polar surface area (TPSA) is 86.5 Å². The van der Waals surface area contributed by atoms with Crippen LogP contribution in [-0.2, 0) is 11.3 Å². The van der Waals surface area contributed by atoms with Gasteiger partial charge in [-0.1, -0.05) is 11.6 Å². The Morgan fingerprint density at radius 2 is 2.08 bits per heavy atom. The van der Waals surface area contributed by atoms with Crippen molar-refractivity contribution in [2.45, 2.75) is 19.6 Å². The van der Waals surface area contributed by atoms with E-state index < -0.39 is 0 Å². The zero-order valence-corrected chi connectivity index (χ0v) is 17.1. The predicted octanol–water partition coefficient (Wildman–Crippen LogP) is 3.87. The van der Waals surface area contributed by atoms with Crippen molar-refractivity contribution in [3.05, 3.63) is 38.8 Å². The van der Waals surface area contributed by atoms with E-state index in [4.69, 9.17) is 26.8 Å². The molecule has 1 heterocycles. The van der Waals surface area contributed by atoms with Gasteiger partial charge in [0.05, 0.1) is 35.6 Å². The zero-order valence-electron chi connectivity index (χ0n) is 13.9. The molecule has 0 bridgehead atoms. The first-order valence-corrected chi connectivity index (χ1v) is 8.10. The third-order valence-electron chi connectivity index (χ3n) is 3.26. The monoisotopic (exact) mass is 427 g/mol. The number of aromatic nitrogens is 1. The Morgan fingerprint density at radius 3 is 2.68 bits per heavy atom. The molecule has 140 valence electrons. The lowest BCUT2D eigenvalue weighted by Crippen LogP contribution is -2.23. The molecule has 0 aliphatic carbocycles. The quantitative estimate of drug-likeness (QED) is 0.682. The second-order valence-corrected chi connectivity index (χ2v) is 6.11. The van der Waals surface area contributed by atoms with Crippen LogP contribution in [0.1, 0.15) is 34.1 Å². The lowest BCUT2D eigenvalue weighted by atomic mass is 10.1. The smallest absolute Gasteiger partial charge is 0.255 e. The summed E-state index contributed by atoms with van der Waals surface area (Å²) in [7, 11) is 3.10. The molecular formula is C15H20Cl3N3O3S. The molecule has 2 rings (SSSR count). The standard InChI is InChI=1S/C15H18ClN3O3S.2ClH/c1-8(21-2)15-19-9(7-23-15)6-18-14(20)10-4-11(16)12(17)5-13(10)22-3;;/h4-5,7-8H,6,17H2,1-3H3,(H,18,20);2*1H. The first-order valence-electron chi connectivity index (χ1n) is 6.84. The van der Waals surface area contributed by atoms with Crippen molar-refractivity contribution in [3.63, 3.8) is 0 Å². The van der Waals surface area contributed by atoms with E-state index in [2.05, 4.69) is 10.3 Å². The Bertz CT molecular complexity index is 713. The number of hydrogen-bond acceptors (Lipinski definition) is 6. The number of carbonyl (C=O) groups excluding carboxylic acids is 1. The highest BCUT2D eigenvalue weighted by Gasteiger charge is 2.16. The van der Waals surface area contributed by atoms with E-state index in [1.807, 2.05) is 12.3 Å². The molecule has 25 heavy (non-hydrogen) atoms. The normalized spacial score (nSPS) is 11.0. The number of anilines is 1. The van der Waals surface area contributed by atoms with Gasteiger partial charge in [0.15, 0.2) is 0 Å². The van der Waals surface area contributed by atoms with E-state index in [9.17, 15) is 4.79 Å². The maximum atomic E-state index is 12.3. The van der Waals surface area contributed by atoms with Crippen LogP contribution in [0.15, 0.2) is 17.5 Å². The van der Waals surface area contributed by atoms with Gasteiger partial charge in [-0.3, -0.25) is 4.79 Å². The van der Waals surface area contributed by atoms with Gasteiger partial charge in [0, 0.05) is 18.6 Å². The molecule has 3 N–H and O–H groups in total. The minimum atomic E-state index is -0.307. The van der Waals surface area contributed by atoms with E-state index >= 15 is 0 Å². The van der Waals surface area contributed by atoms with Gasteiger partial charge < -0.3 is 20.5 Å². The number of benzene rings is 1. The molecular weight excluding hydrogens is 409 g/mol. The molecule has 6 nitrogen and oxygen atoms in total. The first-order chi connectivity index (χ1) is 11.0. The fourth-order valence-corrected chi connectivity index (χ4v) is 2.89. The molecule has 1 atom stereocenters. The lowest BCUT2D eigenvalue weighted by Gasteiger charge is -2.10. The van der Waals surface area contributed by atoms with Gasteiger partial charge in [-0.05, 0) is 13.0 Å². The molecule has 0 radical (unpaired) electrons. The Balaban J connectivity index is 0.00000288. The molecule has 1 aromatic heterocycles. The van der Waals surface area contributed by atoms with E-state index in [0.29, 0.717) is 28.6 Å². The minimum Gasteiger partial charge on any atom is -0.496 e. The maximum Gasteiger partial charge on any atom is 0.255 e. The van der Waals surface area contributed by atoms with Crippen molar-refractivity contribution in [1.82, 2.24) is 10.3 Å². The summed E-state index contributed by atoms with van der Waals surface area (Å²) in [5.41, 5.74) is 7.16. The lowest BCUT2D eigenvalue weighted by molar-refractivity contribution is 0.0947. The summed E-state index contributed by atoms with van der Waals surface area (Å²) in [5.74, 6) is 0.0643. The summed E-state index contributed by atoms with van der Waals surface area (Å²) in [6.07, 6.45) is -0.0690. The highest BCUT2D eigenvalue weighted by atomic mass is 35.5. The fraction of sp³-hybridized carbons (Fsp3) is 0.333. The average molecular weight is 429 g/mol. The highest BCUT2D eigenvalue weighted by molar-refractivity contribution is 7.09. The number of nitrogen functional groups attached to an aromatic ring is 1. The number of nitrogens with two attached hydrogens (primary N) is 1. The molecule has 0 fully saturated rings. The Hall–Kier alpha value is -1.25. The van der Waals surface area contributed by atoms with E-state index in [1.165, 1.54) is 30.6 Å². The largest absolute Gasteiger partial charge is 0.496 e. The summed E-state index contributed by atoms with van der Waals surface area (Å²) < 4.78 is 10.4. The van der Waals surface area contributed by atoms with Crippen LogP contribution in [0.5, 0.6) is 5.75 Å². The van der Waals surface area contributed by atoms with Gasteiger partial charge in [-0.2, -0.15) is 0 Å². The van der Waals surface area contributed by atoms with Gasteiger partial charge in [0.2, 0.25) is 0 Å². The number of rotatable bonds is 6. The van der Waals surface area contributed by atoms with Crippen LogP contribution in [0.3, 0.4) is 0 Å². The van der Waals surface area contributed by atoms with Crippen molar-refractivity contribution in [3.8, 4) is 5.75 Å². The second-order valence-electron chi connectivity index (χ2n) is 4.81. The van der Waals surface area contributed by atoms with Crippen molar-refractivity contribution in [1.29, 1.82) is 0 Å². The fourth-order valence-electron chi connectivity index (χ4n) is 1.87. The van der Waals surface area contributed by atoms with Gasteiger partial charge in [0.1, 0.15) is 16.9 Å². The predicted molar refractivity (Wildman–Crippen MR) is 106 cm³/mol. The molecule has 2 aromatic rings. The zero-order chi connectivity index (χ0) is 17.0. The van der Waals surface area contributed by atoms with Crippen LogP contribution in [0.25, 0.3) is 0 Å². The van der Waals surface area contributed by atoms with Crippen molar-refractivity contribution in [2.75, 3.05) is 20.0 Å². The number of ether oxygens (including phenoxy) is 2. The second kappa shape index (κ2) is 10.7. The van der Waals surface area contributed by atoms with Crippen molar-refractivity contribution < 1.29 is 14.3 Å². The van der Waals surface area contributed by atoms with Gasteiger partial charge >= 0.3 is 0 Å². The van der Waals surface area contributed by atoms with Crippen LogP contribution >= 0.6 is 47.8 Å². The minimum absolute atomic E-state index is 0. The summed E-state index contributed by atoms with van der Waals surface area (Å²) in [6, 6.07) is 3.02. The SMILES string of the molecule is COc1cc(N)c(Cl)cc1C(=O)NCc1csc(C(C)OC)n1.Cl.Cl.